The maximum atomic E-state index is 12.6. The minimum atomic E-state index is 0.0619. The van der Waals surface area contributed by atoms with Gasteiger partial charge < -0.3 is 50.2 Å². The van der Waals surface area contributed by atoms with E-state index in [0.29, 0.717) is 25.9 Å². The van der Waals surface area contributed by atoms with Crippen LogP contribution in [-0.4, -0.2) is 128 Å². The minimum Gasteiger partial charge on any atom is -0.369 e. The lowest BCUT2D eigenvalue weighted by Gasteiger charge is -2.34. The van der Waals surface area contributed by atoms with Crippen LogP contribution < -0.4 is 20.4 Å². The zero-order valence-electron chi connectivity index (χ0n) is 40.9. The molecule has 0 aliphatic carbocycles. The molecule has 6 heterocycles. The second-order valence-electron chi connectivity index (χ2n) is 19.6. The molecule has 16 nitrogen and oxygen atoms in total. The fraction of sp³-hybridized carbons (Fsp3) is 0.444. The highest BCUT2D eigenvalue weighted by molar-refractivity contribution is 5.87. The Balaban J connectivity index is 0.561. The lowest BCUT2D eigenvalue weighted by Crippen LogP contribution is -2.44. The van der Waals surface area contributed by atoms with E-state index in [9.17, 15) is 9.59 Å². The summed E-state index contributed by atoms with van der Waals surface area (Å²) in [5.41, 5.74) is 12.0. The van der Waals surface area contributed by atoms with Crippen molar-refractivity contribution in [1.82, 2.24) is 60.3 Å². The summed E-state index contributed by atoms with van der Waals surface area (Å²) in [6.07, 6.45) is 12.1. The molecule has 0 spiro atoms. The number of nitrogens with one attached hydrogen (secondary N) is 6. The van der Waals surface area contributed by atoms with Crippen LogP contribution in [0.4, 0.5) is 11.4 Å². The highest BCUT2D eigenvalue weighted by atomic mass is 16.2. The summed E-state index contributed by atoms with van der Waals surface area (Å²) < 4.78 is 0. The molecule has 0 unspecified atom stereocenters. The van der Waals surface area contributed by atoms with E-state index >= 15 is 0 Å². The lowest BCUT2D eigenvalue weighted by molar-refractivity contribution is -0.122. The van der Waals surface area contributed by atoms with E-state index in [4.69, 9.17) is 19.9 Å². The van der Waals surface area contributed by atoms with Crippen molar-refractivity contribution in [3.63, 3.8) is 0 Å². The number of benzene rings is 4. The van der Waals surface area contributed by atoms with Crippen molar-refractivity contribution in [1.29, 1.82) is 0 Å². The molecule has 4 aromatic carbocycles. The van der Waals surface area contributed by atoms with Gasteiger partial charge in [0.05, 0.1) is 57.2 Å². The zero-order valence-corrected chi connectivity index (χ0v) is 40.9. The number of fused-ring (bicyclic) bond motifs is 4. The van der Waals surface area contributed by atoms with Gasteiger partial charge in [0.15, 0.2) is 0 Å². The predicted molar refractivity (Wildman–Crippen MR) is 281 cm³/mol. The Hall–Kier alpha value is -6.78. The number of hydrogen-bond acceptors (Lipinski definition) is 10. The first kappa shape index (κ1) is 46.9. The number of anilines is 2. The van der Waals surface area contributed by atoms with Crippen LogP contribution in [-0.2, 0) is 22.7 Å². The van der Waals surface area contributed by atoms with Gasteiger partial charge >= 0.3 is 0 Å². The Labute approximate surface area is 409 Å². The fourth-order valence-electron chi connectivity index (χ4n) is 9.91. The summed E-state index contributed by atoms with van der Waals surface area (Å²) in [5, 5.41) is 6.09. The predicted octanol–water partition coefficient (Wildman–Crippen LogP) is 8.64. The number of rotatable bonds is 21. The molecule has 6 N–H and O–H groups in total. The Morgan fingerprint density at radius 1 is 0.443 bits per heavy atom. The molecule has 0 radical (unpaired) electrons. The molecular weight excluding hydrogens is 877 g/mol. The molecule has 0 saturated carbocycles. The molecule has 8 aromatic rings. The summed E-state index contributed by atoms with van der Waals surface area (Å²) in [6, 6.07) is 25.2. The number of hydrogen-bond donors (Lipinski definition) is 6. The minimum absolute atomic E-state index is 0.0619. The van der Waals surface area contributed by atoms with Gasteiger partial charge in [-0.25, -0.2) is 19.9 Å². The molecule has 2 fully saturated rings. The second kappa shape index (κ2) is 21.9. The highest BCUT2D eigenvalue weighted by Gasteiger charge is 2.18. The van der Waals surface area contributed by atoms with Crippen molar-refractivity contribution >= 4 is 67.3 Å². The largest absolute Gasteiger partial charge is 0.369 e. The van der Waals surface area contributed by atoms with Crippen LogP contribution in [0.2, 0.25) is 0 Å². The van der Waals surface area contributed by atoms with Gasteiger partial charge in [-0.05, 0) is 99.7 Å². The Morgan fingerprint density at radius 2 is 0.800 bits per heavy atom. The standard InChI is InChI=1S/C54H68N14O2/c1-65-23-27-67(28-24-65)39-17-21-43-47(33-39)63-53(61-43)37-15-19-41-45(31-37)59-49(57-41)35-55-51(69)13-11-9-7-5-3-4-6-8-10-12-14-52(70)56-36-50-58-42-20-16-38(32-46(42)60-50)54-62-44-22-18-40(34-48(44)64-54)68-29-25-66(2)26-30-68/h15-22,31-34H,3-14,23-30,35-36H2,1-2H3,(H,55,69)(H,56,70)(H,57,59)(H,58,60)(H,61,63)(H,62,64). The molecule has 2 aliphatic heterocycles. The van der Waals surface area contributed by atoms with Crippen molar-refractivity contribution in [2.45, 2.75) is 90.1 Å². The molecule has 366 valence electrons. The van der Waals surface area contributed by atoms with Gasteiger partial charge in [0.1, 0.15) is 23.3 Å². The third kappa shape index (κ3) is 11.6. The number of amides is 2. The average Bonchev–Trinajstić information content (AvgIpc) is 4.19. The number of H-pyrrole nitrogens is 4. The third-order valence-electron chi connectivity index (χ3n) is 14.2. The van der Waals surface area contributed by atoms with Crippen molar-refractivity contribution in [2.75, 3.05) is 76.3 Å². The molecule has 0 bridgehead atoms. The van der Waals surface area contributed by atoms with Gasteiger partial charge in [-0.1, -0.05) is 51.4 Å². The molecule has 2 amide bonds. The quantitative estimate of drug-likeness (QED) is 0.0381. The van der Waals surface area contributed by atoms with Crippen LogP contribution in [0.1, 0.15) is 88.7 Å². The number of imidazole rings is 4. The van der Waals surface area contributed by atoms with Crippen LogP contribution in [0.3, 0.4) is 0 Å². The maximum Gasteiger partial charge on any atom is 0.220 e. The normalized spacial score (nSPS) is 15.0. The number of carbonyl (C=O) groups is 2. The summed E-state index contributed by atoms with van der Waals surface area (Å²) in [6.45, 7) is 9.14. The van der Waals surface area contributed by atoms with E-state index in [2.05, 4.69) is 113 Å². The summed E-state index contributed by atoms with van der Waals surface area (Å²) in [5.74, 6) is 3.27. The molecule has 70 heavy (non-hydrogen) atoms. The molecule has 2 aliphatic rings. The van der Waals surface area contributed by atoms with E-state index in [1.54, 1.807) is 0 Å². The van der Waals surface area contributed by atoms with Crippen LogP contribution in [0.25, 0.3) is 66.9 Å². The summed E-state index contributed by atoms with van der Waals surface area (Å²) >= 11 is 0. The van der Waals surface area contributed by atoms with Crippen molar-refractivity contribution < 1.29 is 9.59 Å². The van der Waals surface area contributed by atoms with Crippen molar-refractivity contribution in [2.24, 2.45) is 0 Å². The molecular formula is C54H68N14O2. The number of piperazine rings is 2. The third-order valence-corrected chi connectivity index (χ3v) is 14.2. The molecule has 2 saturated heterocycles. The highest BCUT2D eigenvalue weighted by Crippen LogP contribution is 2.29. The van der Waals surface area contributed by atoms with Crippen LogP contribution >= 0.6 is 0 Å². The van der Waals surface area contributed by atoms with E-state index in [1.807, 2.05) is 24.3 Å². The lowest BCUT2D eigenvalue weighted by atomic mass is 10.0. The summed E-state index contributed by atoms with van der Waals surface area (Å²) in [7, 11) is 4.35. The van der Waals surface area contributed by atoms with E-state index in [-0.39, 0.29) is 11.8 Å². The van der Waals surface area contributed by atoms with Gasteiger partial charge in [0, 0.05) is 87.7 Å². The van der Waals surface area contributed by atoms with E-state index in [1.165, 1.54) is 37.1 Å². The van der Waals surface area contributed by atoms with Crippen LogP contribution in [0.5, 0.6) is 0 Å². The number of unbranched alkanes of at least 4 members (excludes halogenated alkanes) is 9. The number of aromatic amines is 4. The van der Waals surface area contributed by atoms with E-state index < -0.39 is 0 Å². The monoisotopic (exact) mass is 945 g/mol. The van der Waals surface area contributed by atoms with Gasteiger partial charge in [-0.2, -0.15) is 0 Å². The molecule has 10 rings (SSSR count). The molecule has 0 atom stereocenters. The molecule has 16 heteroatoms. The van der Waals surface area contributed by atoms with Crippen LogP contribution in [0.15, 0.2) is 72.8 Å². The SMILES string of the molecule is CN1CCN(c2ccc3nc(-c4ccc5nc(CNC(=O)CCCCCCCCCCCCC(=O)NCc6nc7ccc(-c8nc9ccc(N%10CCN(C)CC%10)cc9[nH]8)cc7[nH]6)[nH]c5c4)[nH]c3c2)CC1. The van der Waals surface area contributed by atoms with Crippen LogP contribution in [0, 0.1) is 0 Å². The van der Waals surface area contributed by atoms with E-state index in [0.717, 1.165) is 169 Å². The number of likely N-dealkylation sites (N-methyl/N-ethyl adjacent to an activating group) is 2. The fourth-order valence-corrected chi connectivity index (χ4v) is 9.91. The number of aromatic nitrogens is 8. The number of carbonyl (C=O) groups excluding carboxylic acids is 2. The van der Waals surface area contributed by atoms with Gasteiger partial charge in [0.2, 0.25) is 11.8 Å². The van der Waals surface area contributed by atoms with Crippen molar-refractivity contribution in [3.05, 3.63) is 84.4 Å². The first-order chi connectivity index (χ1) is 34.3. The maximum absolute atomic E-state index is 12.6. The first-order valence-corrected chi connectivity index (χ1v) is 25.6. The summed E-state index contributed by atoms with van der Waals surface area (Å²) in [4.78, 5) is 67.9. The smallest absolute Gasteiger partial charge is 0.220 e. The molecule has 4 aromatic heterocycles. The zero-order chi connectivity index (χ0) is 47.8. The Kier molecular flexibility index (Phi) is 14.7. The van der Waals surface area contributed by atoms with Gasteiger partial charge in [0.25, 0.3) is 0 Å². The number of nitrogens with zero attached hydrogens (tertiary/aromatic N) is 8. The van der Waals surface area contributed by atoms with Gasteiger partial charge in [-0.15, -0.1) is 0 Å². The first-order valence-electron chi connectivity index (χ1n) is 25.6. The Bertz CT molecular complexity index is 2840. The Morgan fingerprint density at radius 3 is 1.21 bits per heavy atom. The second-order valence-corrected chi connectivity index (χ2v) is 19.6. The average molecular weight is 945 g/mol. The van der Waals surface area contributed by atoms with Gasteiger partial charge in [-0.3, -0.25) is 9.59 Å². The topological polar surface area (TPSA) is 186 Å². The van der Waals surface area contributed by atoms with Crippen molar-refractivity contribution in [3.8, 4) is 22.8 Å².